The summed E-state index contributed by atoms with van der Waals surface area (Å²) in [6.45, 7) is 5.71. The van der Waals surface area contributed by atoms with Gasteiger partial charge >= 0.3 is 11.9 Å². The minimum Gasteiger partial charge on any atom is -0.496 e. The molecule has 216 valence electrons. The minimum atomic E-state index is -0.755. The Kier molecular flexibility index (Phi) is 8.60. The number of hydrogen-bond donors (Lipinski definition) is 0. The van der Waals surface area contributed by atoms with E-state index in [1.165, 1.54) is 15.9 Å². The van der Waals surface area contributed by atoms with Crippen LogP contribution in [-0.4, -0.2) is 36.8 Å². The van der Waals surface area contributed by atoms with Crippen LogP contribution in [0.2, 0.25) is 0 Å². The highest BCUT2D eigenvalue weighted by atomic mass is 79.9. The van der Waals surface area contributed by atoms with E-state index in [-0.39, 0.29) is 18.1 Å². The molecule has 0 bridgehead atoms. The molecule has 1 atom stereocenters. The fourth-order valence-electron chi connectivity index (χ4n) is 4.66. The van der Waals surface area contributed by atoms with Crippen LogP contribution in [0.5, 0.6) is 5.75 Å². The Bertz CT molecular complexity index is 1880. The number of rotatable bonds is 8. The van der Waals surface area contributed by atoms with Gasteiger partial charge in [0.05, 0.1) is 52.2 Å². The van der Waals surface area contributed by atoms with Gasteiger partial charge in [0.2, 0.25) is 0 Å². The van der Waals surface area contributed by atoms with Crippen LogP contribution in [0.4, 0.5) is 0 Å². The van der Waals surface area contributed by atoms with Gasteiger partial charge in [-0.25, -0.2) is 14.6 Å². The third-order valence-corrected chi connectivity index (χ3v) is 8.19. The number of aromatic nitrogens is 1. The largest absolute Gasteiger partial charge is 0.496 e. The van der Waals surface area contributed by atoms with Crippen molar-refractivity contribution in [3.63, 3.8) is 0 Å². The van der Waals surface area contributed by atoms with Crippen molar-refractivity contribution >= 4 is 45.3 Å². The lowest BCUT2D eigenvalue weighted by Crippen LogP contribution is -2.39. The van der Waals surface area contributed by atoms with Crippen molar-refractivity contribution < 1.29 is 28.2 Å². The molecule has 42 heavy (non-hydrogen) atoms. The number of carbonyl (C=O) groups excluding carboxylic acids is 2. The van der Waals surface area contributed by atoms with Gasteiger partial charge in [-0.05, 0) is 78.7 Å². The molecule has 0 radical (unpaired) electrons. The molecule has 3 heterocycles. The Morgan fingerprint density at radius 3 is 2.43 bits per heavy atom. The second-order valence-electron chi connectivity index (χ2n) is 9.20. The van der Waals surface area contributed by atoms with Crippen molar-refractivity contribution in [1.82, 2.24) is 4.57 Å². The molecule has 9 nitrogen and oxygen atoms in total. The van der Waals surface area contributed by atoms with Crippen LogP contribution in [0.15, 0.2) is 84.5 Å². The van der Waals surface area contributed by atoms with Crippen LogP contribution < -0.4 is 19.6 Å². The van der Waals surface area contributed by atoms with Gasteiger partial charge in [-0.2, -0.15) is 0 Å². The Labute approximate surface area is 253 Å². The summed E-state index contributed by atoms with van der Waals surface area (Å²) < 4.78 is 24.4. The maximum absolute atomic E-state index is 13.9. The van der Waals surface area contributed by atoms with E-state index in [0.29, 0.717) is 60.1 Å². The summed E-state index contributed by atoms with van der Waals surface area (Å²) in [5.41, 5.74) is 2.36. The SMILES string of the molecule is CCOC(=O)C1=C(C)N=c2s/c(=C/c3ccc(-c4ccc(C(=O)OCC)cc4)o3)c(=O)n2[C@@H]1c1ccc(OC)c(Br)c1. The molecule has 0 saturated heterocycles. The first kappa shape index (κ1) is 29.3. The van der Waals surface area contributed by atoms with E-state index >= 15 is 0 Å². The summed E-state index contributed by atoms with van der Waals surface area (Å²) in [5, 5.41) is 0. The monoisotopic (exact) mass is 650 g/mol. The molecule has 11 heteroatoms. The predicted molar refractivity (Wildman–Crippen MR) is 161 cm³/mol. The minimum absolute atomic E-state index is 0.186. The zero-order valence-corrected chi connectivity index (χ0v) is 25.7. The van der Waals surface area contributed by atoms with Crippen molar-refractivity contribution in [3.8, 4) is 17.1 Å². The molecule has 2 aromatic heterocycles. The summed E-state index contributed by atoms with van der Waals surface area (Å²) in [7, 11) is 1.56. The number of thiazole rings is 1. The first-order valence-corrected chi connectivity index (χ1v) is 14.8. The van der Waals surface area contributed by atoms with Crippen molar-refractivity contribution in [2.75, 3.05) is 20.3 Å². The molecular weight excluding hydrogens is 624 g/mol. The van der Waals surface area contributed by atoms with Crippen LogP contribution >= 0.6 is 27.3 Å². The van der Waals surface area contributed by atoms with Crippen LogP contribution in [-0.2, 0) is 14.3 Å². The van der Waals surface area contributed by atoms with Crippen LogP contribution in [0, 0.1) is 0 Å². The van der Waals surface area contributed by atoms with Gasteiger partial charge in [-0.1, -0.05) is 29.5 Å². The normalized spacial score (nSPS) is 14.8. The van der Waals surface area contributed by atoms with Gasteiger partial charge in [0.25, 0.3) is 5.56 Å². The summed E-state index contributed by atoms with van der Waals surface area (Å²) >= 11 is 4.72. The van der Waals surface area contributed by atoms with Gasteiger partial charge in [-0.15, -0.1) is 0 Å². The van der Waals surface area contributed by atoms with Crippen LogP contribution in [0.25, 0.3) is 17.4 Å². The molecule has 0 spiro atoms. The molecule has 1 aliphatic heterocycles. The number of esters is 2. The molecule has 4 aromatic rings. The molecule has 0 saturated carbocycles. The van der Waals surface area contributed by atoms with Gasteiger partial charge in [0.1, 0.15) is 17.3 Å². The Balaban J connectivity index is 1.56. The maximum atomic E-state index is 13.9. The van der Waals surface area contributed by atoms with Crippen molar-refractivity contribution in [2.24, 2.45) is 4.99 Å². The number of fused-ring (bicyclic) bond motifs is 1. The van der Waals surface area contributed by atoms with E-state index in [2.05, 4.69) is 20.9 Å². The second kappa shape index (κ2) is 12.3. The van der Waals surface area contributed by atoms with E-state index in [1.54, 1.807) is 76.4 Å². The lowest BCUT2D eigenvalue weighted by Gasteiger charge is -2.25. The molecular formula is C31H27BrN2O7S. The second-order valence-corrected chi connectivity index (χ2v) is 11.1. The summed E-state index contributed by atoms with van der Waals surface area (Å²) in [4.78, 5) is 44.0. The number of furan rings is 1. The summed E-state index contributed by atoms with van der Waals surface area (Å²) in [5.74, 6) is 0.741. The summed E-state index contributed by atoms with van der Waals surface area (Å²) in [6, 6.07) is 15.1. The maximum Gasteiger partial charge on any atom is 0.338 e. The quantitative estimate of drug-likeness (QED) is 0.247. The molecule has 2 aromatic carbocycles. The Hall–Kier alpha value is -4.22. The first-order valence-electron chi connectivity index (χ1n) is 13.2. The molecule has 0 unspecified atom stereocenters. The van der Waals surface area contributed by atoms with Gasteiger partial charge in [0, 0.05) is 11.6 Å². The van der Waals surface area contributed by atoms with Crippen LogP contribution in [0.1, 0.15) is 48.5 Å². The smallest absolute Gasteiger partial charge is 0.338 e. The average molecular weight is 652 g/mol. The van der Waals surface area contributed by atoms with Crippen LogP contribution in [0.3, 0.4) is 0 Å². The van der Waals surface area contributed by atoms with Crippen molar-refractivity contribution in [3.05, 3.63) is 107 Å². The number of carbonyl (C=O) groups is 2. The lowest BCUT2D eigenvalue weighted by atomic mass is 9.96. The van der Waals surface area contributed by atoms with Gasteiger partial charge < -0.3 is 18.6 Å². The Morgan fingerprint density at radius 2 is 1.76 bits per heavy atom. The number of halogens is 1. The number of hydrogen-bond acceptors (Lipinski definition) is 9. The van der Waals surface area contributed by atoms with Crippen molar-refractivity contribution in [2.45, 2.75) is 26.8 Å². The number of ether oxygens (including phenoxy) is 3. The molecule has 0 N–H and O–H groups in total. The van der Waals surface area contributed by atoms with E-state index in [4.69, 9.17) is 18.6 Å². The van der Waals surface area contributed by atoms with E-state index in [9.17, 15) is 14.4 Å². The highest BCUT2D eigenvalue weighted by Gasteiger charge is 2.33. The van der Waals surface area contributed by atoms with E-state index < -0.39 is 12.0 Å². The first-order chi connectivity index (χ1) is 20.2. The lowest BCUT2D eigenvalue weighted by molar-refractivity contribution is -0.139. The standard InChI is InChI=1S/C31H27BrN2O7S/c1-5-39-29(36)19-9-7-18(8-10-19)23-14-12-21(41-23)16-25-28(35)34-27(20-11-13-24(38-4)22(32)15-20)26(30(37)40-6-2)17(3)33-31(34)42-25/h7-16,27H,5-6H2,1-4H3/b25-16+/t27-/m1/s1. The zero-order valence-electron chi connectivity index (χ0n) is 23.3. The highest BCUT2D eigenvalue weighted by molar-refractivity contribution is 9.10. The number of methoxy groups -OCH3 is 1. The highest BCUT2D eigenvalue weighted by Crippen LogP contribution is 2.35. The number of benzene rings is 2. The fourth-order valence-corrected chi connectivity index (χ4v) is 6.24. The number of nitrogens with zero attached hydrogens (tertiary/aromatic N) is 2. The third-order valence-electron chi connectivity index (χ3n) is 6.59. The molecule has 0 fully saturated rings. The molecule has 0 amide bonds. The van der Waals surface area contributed by atoms with Gasteiger partial charge in [-0.3, -0.25) is 9.36 Å². The molecule has 5 rings (SSSR count). The average Bonchev–Trinajstić information content (AvgIpc) is 3.56. The Morgan fingerprint density at radius 1 is 1.05 bits per heavy atom. The molecule has 0 aliphatic carbocycles. The van der Waals surface area contributed by atoms with Crippen molar-refractivity contribution in [1.29, 1.82) is 0 Å². The zero-order chi connectivity index (χ0) is 30.0. The topological polar surface area (TPSA) is 109 Å². The summed E-state index contributed by atoms with van der Waals surface area (Å²) in [6.07, 6.45) is 1.66. The van der Waals surface area contributed by atoms with E-state index in [1.807, 2.05) is 12.1 Å². The fraction of sp³-hybridized carbons (Fsp3) is 0.226. The molecule has 1 aliphatic rings. The van der Waals surface area contributed by atoms with Gasteiger partial charge in [0.15, 0.2) is 4.80 Å². The predicted octanol–water partition coefficient (Wildman–Crippen LogP) is 5.01. The van der Waals surface area contributed by atoms with E-state index in [0.717, 1.165) is 5.56 Å². The third kappa shape index (κ3) is 5.62. The number of allylic oxidation sites excluding steroid dienone is 1.